The second kappa shape index (κ2) is 20.7. The maximum Gasteiger partial charge on any atom is 0.309 e. The fraction of sp³-hybridized carbons (Fsp3) is 0.615. The van der Waals surface area contributed by atoms with Crippen LogP contribution in [0, 0.1) is 5.41 Å². The maximum atomic E-state index is 12.1. The van der Waals surface area contributed by atoms with Crippen molar-refractivity contribution in [3.05, 3.63) is 49.6 Å². The van der Waals surface area contributed by atoms with E-state index < -0.39 is 17.4 Å². The van der Waals surface area contributed by atoms with Crippen LogP contribution in [-0.4, -0.2) is 48.6 Å². The van der Waals surface area contributed by atoms with Crippen molar-refractivity contribution in [1.29, 1.82) is 0 Å². The van der Waals surface area contributed by atoms with Gasteiger partial charge in [-0.05, 0) is 64.2 Å². The van der Waals surface area contributed by atoms with Crippen LogP contribution in [0.1, 0.15) is 70.6 Å². The normalized spacial score (nSPS) is 13.4. The second-order valence-electron chi connectivity index (χ2n) is 7.86. The number of hydrogen-bond acceptors (Lipinski definition) is 4. The fourth-order valence-corrected chi connectivity index (χ4v) is 3.24. The average Bonchev–Trinajstić information content (AvgIpc) is 2.76. The van der Waals surface area contributed by atoms with Crippen molar-refractivity contribution in [3.8, 4) is 0 Å². The Morgan fingerprint density at radius 1 is 0.719 bits per heavy atom. The number of ether oxygens (including phenoxy) is 2. The number of rotatable bonds is 23. The first-order valence-electron chi connectivity index (χ1n) is 11.6. The lowest BCUT2D eigenvalue weighted by atomic mass is 9.77. The van der Waals surface area contributed by atoms with E-state index in [-0.39, 0.29) is 12.8 Å². The van der Waals surface area contributed by atoms with E-state index in [0.29, 0.717) is 45.7 Å². The monoisotopic (exact) mass is 450 g/mol. The third-order valence-electron chi connectivity index (χ3n) is 5.27. The molecular formula is C26H42O6. The van der Waals surface area contributed by atoms with Gasteiger partial charge in [0.25, 0.3) is 0 Å². The first-order chi connectivity index (χ1) is 15.5. The lowest BCUT2D eigenvalue weighted by Gasteiger charge is -2.29. The quantitative estimate of drug-likeness (QED) is 0.148. The van der Waals surface area contributed by atoms with Crippen molar-refractivity contribution in [1.82, 2.24) is 0 Å². The van der Waals surface area contributed by atoms with Crippen LogP contribution in [0.15, 0.2) is 49.6 Å². The first-order valence-corrected chi connectivity index (χ1v) is 11.6. The molecule has 0 saturated heterocycles. The molecular weight excluding hydrogens is 408 g/mol. The van der Waals surface area contributed by atoms with E-state index in [1.165, 1.54) is 0 Å². The number of carbonyl (C=O) groups is 2. The summed E-state index contributed by atoms with van der Waals surface area (Å²) in [6.45, 7) is 8.87. The minimum Gasteiger partial charge on any atom is -0.481 e. The Labute approximate surface area is 193 Å². The number of aliphatic carboxylic acids is 2. The summed E-state index contributed by atoms with van der Waals surface area (Å²) in [6, 6.07) is 0. The van der Waals surface area contributed by atoms with Crippen molar-refractivity contribution in [2.75, 3.05) is 26.4 Å². The van der Waals surface area contributed by atoms with Crippen LogP contribution in [0.25, 0.3) is 0 Å². The molecule has 0 amide bonds. The molecule has 0 spiro atoms. The molecule has 0 atom stereocenters. The lowest BCUT2D eigenvalue weighted by molar-refractivity contribution is -0.153. The molecule has 0 aliphatic carbocycles. The molecule has 0 saturated carbocycles. The molecule has 0 bridgehead atoms. The standard InChI is InChI=1S/C26H42O6/c1-3-5-7-9-11-13-20-31-22-18-26(25(29)30,17-15-16-24(27)28)19-23-32-21-14-12-10-8-6-4-2/h3-4,11-14H,1-2,5-10,15-23H2,(H,27,28)(H,29,30). The largest absolute Gasteiger partial charge is 0.481 e. The molecule has 0 heterocycles. The van der Waals surface area contributed by atoms with Crippen molar-refractivity contribution < 1.29 is 29.3 Å². The van der Waals surface area contributed by atoms with Gasteiger partial charge in [-0.1, -0.05) is 36.5 Å². The Hall–Kier alpha value is -2.18. The van der Waals surface area contributed by atoms with E-state index in [1.807, 2.05) is 24.3 Å². The summed E-state index contributed by atoms with van der Waals surface area (Å²) in [5, 5.41) is 18.9. The summed E-state index contributed by atoms with van der Waals surface area (Å²) in [6.07, 6.45) is 19.0. The third-order valence-corrected chi connectivity index (χ3v) is 5.27. The second-order valence-corrected chi connectivity index (χ2v) is 7.86. The molecule has 0 aromatic heterocycles. The van der Waals surface area contributed by atoms with E-state index in [2.05, 4.69) is 25.3 Å². The topological polar surface area (TPSA) is 93.1 Å². The molecule has 2 N–H and O–H groups in total. The fourth-order valence-electron chi connectivity index (χ4n) is 3.24. The highest BCUT2D eigenvalue weighted by molar-refractivity contribution is 5.74. The van der Waals surface area contributed by atoms with Gasteiger partial charge in [0.05, 0.1) is 18.6 Å². The van der Waals surface area contributed by atoms with Crippen molar-refractivity contribution in [2.24, 2.45) is 5.41 Å². The zero-order valence-electron chi connectivity index (χ0n) is 19.5. The van der Waals surface area contributed by atoms with E-state index in [1.54, 1.807) is 0 Å². The van der Waals surface area contributed by atoms with Gasteiger partial charge in [0.1, 0.15) is 0 Å². The molecule has 0 radical (unpaired) electrons. The first kappa shape index (κ1) is 29.8. The highest BCUT2D eigenvalue weighted by atomic mass is 16.5. The highest BCUT2D eigenvalue weighted by Crippen LogP contribution is 2.34. The van der Waals surface area contributed by atoms with Crippen LogP contribution in [0.5, 0.6) is 0 Å². The molecule has 0 aromatic rings. The van der Waals surface area contributed by atoms with Crippen LogP contribution in [0.4, 0.5) is 0 Å². The van der Waals surface area contributed by atoms with Crippen LogP contribution < -0.4 is 0 Å². The minimum absolute atomic E-state index is 0.0440. The number of unbranched alkanes of at least 4 members (excludes halogenated alkanes) is 4. The van der Waals surface area contributed by atoms with Gasteiger partial charge in [-0.15, -0.1) is 13.2 Å². The van der Waals surface area contributed by atoms with Gasteiger partial charge in [0.2, 0.25) is 0 Å². The minimum atomic E-state index is -1.04. The van der Waals surface area contributed by atoms with Crippen molar-refractivity contribution in [3.63, 3.8) is 0 Å². The Morgan fingerprint density at radius 2 is 1.22 bits per heavy atom. The van der Waals surface area contributed by atoms with Gasteiger partial charge >= 0.3 is 11.9 Å². The molecule has 0 unspecified atom stereocenters. The van der Waals surface area contributed by atoms with Gasteiger partial charge in [-0.25, -0.2) is 0 Å². The maximum absolute atomic E-state index is 12.1. The molecule has 0 aliphatic heterocycles. The predicted molar refractivity (Wildman–Crippen MR) is 129 cm³/mol. The van der Waals surface area contributed by atoms with E-state index in [0.717, 1.165) is 38.5 Å². The van der Waals surface area contributed by atoms with Crippen LogP contribution in [-0.2, 0) is 19.1 Å². The summed E-state index contributed by atoms with van der Waals surface area (Å²) in [5.41, 5.74) is -1.04. The average molecular weight is 451 g/mol. The zero-order chi connectivity index (χ0) is 23.9. The SMILES string of the molecule is C=CCCCC=CCOCCC(CCCC(=O)O)(CCOCC=CCCCC=C)C(=O)O. The van der Waals surface area contributed by atoms with Gasteiger partial charge in [0, 0.05) is 19.6 Å². The summed E-state index contributed by atoms with van der Waals surface area (Å²) in [4.78, 5) is 23.0. The van der Waals surface area contributed by atoms with E-state index >= 15 is 0 Å². The Kier molecular flexibility index (Phi) is 19.3. The van der Waals surface area contributed by atoms with Crippen molar-refractivity contribution >= 4 is 11.9 Å². The lowest BCUT2D eigenvalue weighted by Crippen LogP contribution is -2.34. The Morgan fingerprint density at radius 3 is 1.62 bits per heavy atom. The van der Waals surface area contributed by atoms with Crippen molar-refractivity contribution in [2.45, 2.75) is 70.6 Å². The molecule has 0 rings (SSSR count). The Balaban J connectivity index is 4.54. The summed E-state index contributed by atoms with van der Waals surface area (Å²) < 4.78 is 11.2. The van der Waals surface area contributed by atoms with Crippen LogP contribution >= 0.6 is 0 Å². The van der Waals surface area contributed by atoms with Gasteiger partial charge in [-0.3, -0.25) is 9.59 Å². The molecule has 6 heteroatoms. The molecule has 0 aliphatic rings. The smallest absolute Gasteiger partial charge is 0.309 e. The number of carboxylic acid groups (broad SMARTS) is 2. The number of allylic oxidation sites excluding steroid dienone is 4. The molecule has 182 valence electrons. The highest BCUT2D eigenvalue weighted by Gasteiger charge is 2.37. The zero-order valence-corrected chi connectivity index (χ0v) is 19.5. The third kappa shape index (κ3) is 16.5. The number of carboxylic acids is 2. The number of hydrogen-bond donors (Lipinski definition) is 2. The molecule has 0 fully saturated rings. The predicted octanol–water partition coefficient (Wildman–Crippen LogP) is 5.95. The molecule has 32 heavy (non-hydrogen) atoms. The van der Waals surface area contributed by atoms with Gasteiger partial charge < -0.3 is 19.7 Å². The Bertz CT molecular complexity index is 547. The van der Waals surface area contributed by atoms with Crippen LogP contribution in [0.2, 0.25) is 0 Å². The molecule has 0 aromatic carbocycles. The summed E-state index contributed by atoms with van der Waals surface area (Å²) >= 11 is 0. The van der Waals surface area contributed by atoms with E-state index in [9.17, 15) is 14.7 Å². The van der Waals surface area contributed by atoms with Crippen LogP contribution in [0.3, 0.4) is 0 Å². The van der Waals surface area contributed by atoms with E-state index in [4.69, 9.17) is 14.6 Å². The van der Waals surface area contributed by atoms with Gasteiger partial charge in [-0.2, -0.15) is 0 Å². The summed E-state index contributed by atoms with van der Waals surface area (Å²) in [7, 11) is 0. The summed E-state index contributed by atoms with van der Waals surface area (Å²) in [5.74, 6) is -1.84. The molecule has 6 nitrogen and oxygen atoms in total. The van der Waals surface area contributed by atoms with Gasteiger partial charge in [0.15, 0.2) is 0 Å².